The van der Waals surface area contributed by atoms with E-state index < -0.39 is 14.4 Å². The van der Waals surface area contributed by atoms with Crippen molar-refractivity contribution in [3.8, 4) is 0 Å². The van der Waals surface area contributed by atoms with Gasteiger partial charge in [0, 0.05) is 7.11 Å². The average Bonchev–Trinajstić information content (AvgIpc) is 2.14. The van der Waals surface area contributed by atoms with Crippen molar-refractivity contribution in [1.29, 1.82) is 0 Å². The molecule has 0 radical (unpaired) electrons. The van der Waals surface area contributed by atoms with Crippen molar-refractivity contribution in [2.45, 2.75) is 45.0 Å². The molecule has 0 spiro atoms. The second-order valence-electron chi connectivity index (χ2n) is 5.35. The summed E-state index contributed by atoms with van der Waals surface area (Å²) >= 11 is 0. The van der Waals surface area contributed by atoms with E-state index in [0.717, 1.165) is 0 Å². The number of methoxy groups -OCH3 is 2. The molecule has 5 heteroatoms. The van der Waals surface area contributed by atoms with Gasteiger partial charge in [-0.3, -0.25) is 0 Å². The molecule has 0 N–H and O–H groups in total. The summed E-state index contributed by atoms with van der Waals surface area (Å²) < 4.78 is 15.6. The lowest BCUT2D eigenvalue weighted by atomic mass is 10.2. The average molecular weight is 248 g/mol. The van der Waals surface area contributed by atoms with Crippen LogP contribution in [0.1, 0.15) is 20.8 Å². The van der Waals surface area contributed by atoms with Gasteiger partial charge in [-0.15, -0.1) is 0 Å². The van der Waals surface area contributed by atoms with Gasteiger partial charge < -0.3 is 13.9 Å². The lowest BCUT2D eigenvalue weighted by Crippen LogP contribution is -2.47. The Morgan fingerprint density at radius 2 is 1.75 bits per heavy atom. The lowest BCUT2D eigenvalue weighted by Gasteiger charge is -2.38. The molecule has 0 aromatic carbocycles. The zero-order valence-electron chi connectivity index (χ0n) is 11.4. The van der Waals surface area contributed by atoms with Crippen molar-refractivity contribution in [1.82, 2.24) is 0 Å². The Morgan fingerprint density at radius 1 is 1.25 bits per heavy atom. The van der Waals surface area contributed by atoms with E-state index in [4.69, 9.17) is 13.9 Å². The van der Waals surface area contributed by atoms with E-state index >= 15 is 0 Å². The van der Waals surface area contributed by atoms with E-state index in [1.54, 1.807) is 7.11 Å². The minimum absolute atomic E-state index is 0.0625. The SMILES string of the molecule is COC[C@H](O[Si](C)(C)C(C)(C)C)C(=O)OC. The summed E-state index contributed by atoms with van der Waals surface area (Å²) in [7, 11) is 0.943. The fourth-order valence-electron chi connectivity index (χ4n) is 0.965. The van der Waals surface area contributed by atoms with Gasteiger partial charge in [-0.25, -0.2) is 4.79 Å². The molecule has 0 aliphatic rings. The largest absolute Gasteiger partial charge is 0.467 e. The maximum Gasteiger partial charge on any atom is 0.336 e. The van der Waals surface area contributed by atoms with Crippen LogP contribution in [-0.2, 0) is 18.7 Å². The molecule has 0 rings (SSSR count). The minimum Gasteiger partial charge on any atom is -0.467 e. The van der Waals surface area contributed by atoms with Gasteiger partial charge >= 0.3 is 5.97 Å². The Labute approximate surface area is 99.4 Å². The maximum atomic E-state index is 11.5. The third-order valence-corrected chi connectivity index (χ3v) is 7.51. The molecule has 0 aromatic rings. The van der Waals surface area contributed by atoms with Crippen LogP contribution < -0.4 is 0 Å². The first kappa shape index (κ1) is 15.6. The number of carbonyl (C=O) groups is 1. The summed E-state index contributed by atoms with van der Waals surface area (Å²) in [6, 6.07) is 0. The van der Waals surface area contributed by atoms with Gasteiger partial charge in [-0.05, 0) is 18.1 Å². The maximum absolute atomic E-state index is 11.5. The molecule has 0 aliphatic heterocycles. The Morgan fingerprint density at radius 3 is 2.06 bits per heavy atom. The predicted molar refractivity (Wildman–Crippen MR) is 66.0 cm³/mol. The summed E-state index contributed by atoms with van der Waals surface area (Å²) in [5.74, 6) is -0.369. The Hall–Kier alpha value is -0.393. The molecule has 16 heavy (non-hydrogen) atoms. The van der Waals surface area contributed by atoms with Crippen LogP contribution in [0.25, 0.3) is 0 Å². The summed E-state index contributed by atoms with van der Waals surface area (Å²) in [5.41, 5.74) is 0. The molecule has 0 saturated carbocycles. The van der Waals surface area contributed by atoms with Gasteiger partial charge in [0.15, 0.2) is 14.4 Å². The molecule has 96 valence electrons. The first-order valence-electron chi connectivity index (χ1n) is 5.40. The van der Waals surface area contributed by atoms with E-state index in [9.17, 15) is 4.79 Å². The molecular weight excluding hydrogens is 224 g/mol. The summed E-state index contributed by atoms with van der Waals surface area (Å²) in [6.45, 7) is 10.8. The van der Waals surface area contributed by atoms with Crippen LogP contribution in [0.2, 0.25) is 18.1 Å². The van der Waals surface area contributed by atoms with Crippen LogP contribution in [0.5, 0.6) is 0 Å². The van der Waals surface area contributed by atoms with Gasteiger partial charge in [-0.1, -0.05) is 20.8 Å². The molecule has 0 saturated heterocycles. The molecule has 0 aromatic heterocycles. The zero-order valence-corrected chi connectivity index (χ0v) is 12.4. The smallest absolute Gasteiger partial charge is 0.336 e. The molecule has 0 amide bonds. The molecule has 0 bridgehead atoms. The normalized spacial score (nSPS) is 14.7. The number of hydrogen-bond donors (Lipinski definition) is 0. The number of rotatable bonds is 5. The number of ether oxygens (including phenoxy) is 2. The molecular formula is C11H24O4Si. The summed E-state index contributed by atoms with van der Waals surface area (Å²) in [5, 5.41) is 0.0625. The van der Waals surface area contributed by atoms with Crippen LogP contribution in [0, 0.1) is 0 Å². The highest BCUT2D eigenvalue weighted by molar-refractivity contribution is 6.74. The van der Waals surface area contributed by atoms with Crippen molar-refractivity contribution in [3.05, 3.63) is 0 Å². The van der Waals surface area contributed by atoms with Crippen molar-refractivity contribution >= 4 is 14.3 Å². The highest BCUT2D eigenvalue weighted by Crippen LogP contribution is 2.37. The summed E-state index contributed by atoms with van der Waals surface area (Å²) in [6.07, 6.45) is -0.615. The number of hydrogen-bond acceptors (Lipinski definition) is 4. The van der Waals surface area contributed by atoms with Crippen molar-refractivity contribution in [2.24, 2.45) is 0 Å². The van der Waals surface area contributed by atoms with Crippen LogP contribution in [0.15, 0.2) is 0 Å². The minimum atomic E-state index is -1.97. The second kappa shape index (κ2) is 5.79. The topological polar surface area (TPSA) is 44.8 Å². The third kappa shape index (κ3) is 4.23. The van der Waals surface area contributed by atoms with E-state index in [1.165, 1.54) is 7.11 Å². The fourth-order valence-corrected chi connectivity index (χ4v) is 2.19. The molecule has 0 unspecified atom stereocenters. The Kier molecular flexibility index (Phi) is 5.65. The van der Waals surface area contributed by atoms with Crippen molar-refractivity contribution < 1.29 is 18.7 Å². The van der Waals surface area contributed by atoms with Gasteiger partial charge in [0.2, 0.25) is 0 Å². The second-order valence-corrected chi connectivity index (χ2v) is 10.1. The van der Waals surface area contributed by atoms with Gasteiger partial charge in [0.1, 0.15) is 0 Å². The van der Waals surface area contributed by atoms with Crippen LogP contribution in [0.4, 0.5) is 0 Å². The first-order chi connectivity index (χ1) is 7.15. The standard InChI is InChI=1S/C11H24O4Si/c1-11(2,3)16(6,7)15-9(8-13-4)10(12)14-5/h9H,8H2,1-7H3/t9-/m0/s1. The number of esters is 1. The molecule has 0 heterocycles. The third-order valence-electron chi connectivity index (χ3n) is 3.03. The zero-order chi connectivity index (χ0) is 13.0. The number of carbonyl (C=O) groups excluding carboxylic acids is 1. The van der Waals surface area contributed by atoms with E-state index in [-0.39, 0.29) is 17.6 Å². The van der Waals surface area contributed by atoms with Crippen LogP contribution in [-0.4, -0.2) is 41.2 Å². The Bertz CT molecular complexity index is 233. The molecule has 0 aliphatic carbocycles. The highest BCUT2D eigenvalue weighted by atomic mass is 28.4. The lowest BCUT2D eigenvalue weighted by molar-refractivity contribution is -0.151. The van der Waals surface area contributed by atoms with E-state index in [1.807, 2.05) is 0 Å². The van der Waals surface area contributed by atoms with Crippen LogP contribution >= 0.6 is 0 Å². The van der Waals surface area contributed by atoms with E-state index in [2.05, 4.69) is 33.9 Å². The summed E-state index contributed by atoms with van der Waals surface area (Å²) in [4.78, 5) is 11.5. The van der Waals surface area contributed by atoms with Crippen molar-refractivity contribution in [3.63, 3.8) is 0 Å². The van der Waals surface area contributed by atoms with Crippen molar-refractivity contribution in [2.75, 3.05) is 20.8 Å². The van der Waals surface area contributed by atoms with Gasteiger partial charge in [0.25, 0.3) is 0 Å². The van der Waals surface area contributed by atoms with E-state index in [0.29, 0.717) is 0 Å². The fraction of sp³-hybridized carbons (Fsp3) is 0.909. The molecule has 1 atom stereocenters. The Balaban J connectivity index is 4.68. The monoisotopic (exact) mass is 248 g/mol. The highest BCUT2D eigenvalue weighted by Gasteiger charge is 2.41. The molecule has 0 fully saturated rings. The van der Waals surface area contributed by atoms with Crippen LogP contribution in [0.3, 0.4) is 0 Å². The quantitative estimate of drug-likeness (QED) is 0.552. The molecule has 4 nitrogen and oxygen atoms in total. The van der Waals surface area contributed by atoms with Gasteiger partial charge in [-0.2, -0.15) is 0 Å². The predicted octanol–water partition coefficient (Wildman–Crippen LogP) is 2.20. The first-order valence-corrected chi connectivity index (χ1v) is 8.31. The van der Waals surface area contributed by atoms with Gasteiger partial charge in [0.05, 0.1) is 13.7 Å².